The number of aryl methyl sites for hydroxylation is 1. The second-order valence-electron chi connectivity index (χ2n) is 3.09. The van der Waals surface area contributed by atoms with E-state index in [4.69, 9.17) is 5.11 Å². The fraction of sp³-hybridized carbons (Fsp3) is 0.400. The number of rotatable bonds is 3. The van der Waals surface area contributed by atoms with E-state index in [1.807, 2.05) is 26.1 Å². The van der Waals surface area contributed by atoms with Gasteiger partial charge in [0.1, 0.15) is 0 Å². The Morgan fingerprint density at radius 3 is 2.62 bits per heavy atom. The van der Waals surface area contributed by atoms with Crippen LogP contribution < -0.4 is 5.32 Å². The Morgan fingerprint density at radius 1 is 1.46 bits per heavy atom. The molecule has 0 saturated carbocycles. The first kappa shape index (κ1) is 10.7. The van der Waals surface area contributed by atoms with Gasteiger partial charge in [0, 0.05) is 4.47 Å². The van der Waals surface area contributed by atoms with Crippen molar-refractivity contribution in [2.45, 2.75) is 13.0 Å². The second-order valence-corrected chi connectivity index (χ2v) is 4.00. The van der Waals surface area contributed by atoms with Crippen molar-refractivity contribution in [2.24, 2.45) is 0 Å². The Kier molecular flexibility index (Phi) is 3.90. The van der Waals surface area contributed by atoms with E-state index in [2.05, 4.69) is 27.3 Å². The molecular weight excluding hydrogens is 230 g/mol. The van der Waals surface area contributed by atoms with Crippen LogP contribution in [-0.4, -0.2) is 18.8 Å². The van der Waals surface area contributed by atoms with E-state index in [9.17, 15) is 0 Å². The minimum atomic E-state index is 0.0243. The molecule has 0 amide bonds. The fourth-order valence-corrected chi connectivity index (χ4v) is 1.95. The number of aliphatic hydroxyl groups excluding tert-OH is 1. The third kappa shape index (κ3) is 2.79. The monoisotopic (exact) mass is 243 g/mol. The number of aliphatic hydroxyl groups is 1. The van der Waals surface area contributed by atoms with Crippen LogP contribution in [0.3, 0.4) is 0 Å². The molecule has 0 bridgehead atoms. The molecule has 1 unspecified atom stereocenters. The van der Waals surface area contributed by atoms with Gasteiger partial charge < -0.3 is 10.4 Å². The highest BCUT2D eigenvalue weighted by Crippen LogP contribution is 2.20. The molecule has 0 spiro atoms. The predicted octanol–water partition coefficient (Wildman–Crippen LogP) is 2.01. The maximum atomic E-state index is 9.08. The molecule has 0 aromatic heterocycles. The molecule has 72 valence electrons. The van der Waals surface area contributed by atoms with E-state index in [0.29, 0.717) is 0 Å². The number of likely N-dealkylation sites (N-methyl/N-ethyl adjacent to an activating group) is 1. The van der Waals surface area contributed by atoms with Crippen LogP contribution in [-0.2, 0) is 0 Å². The quantitative estimate of drug-likeness (QED) is 0.852. The van der Waals surface area contributed by atoms with Crippen LogP contribution in [0.25, 0.3) is 0 Å². The van der Waals surface area contributed by atoms with Gasteiger partial charge in [-0.3, -0.25) is 0 Å². The lowest BCUT2D eigenvalue weighted by Crippen LogP contribution is -2.19. The zero-order valence-electron chi connectivity index (χ0n) is 7.84. The molecule has 0 aliphatic rings. The average Bonchev–Trinajstić information content (AvgIpc) is 2.04. The molecule has 0 heterocycles. The summed E-state index contributed by atoms with van der Waals surface area (Å²) in [6.45, 7) is 2.16. The van der Waals surface area contributed by atoms with Crippen molar-refractivity contribution in [1.29, 1.82) is 0 Å². The van der Waals surface area contributed by atoms with Crippen molar-refractivity contribution in [1.82, 2.24) is 5.32 Å². The Morgan fingerprint density at radius 2 is 2.15 bits per heavy atom. The van der Waals surface area contributed by atoms with E-state index in [-0.39, 0.29) is 12.6 Å². The topological polar surface area (TPSA) is 32.3 Å². The van der Waals surface area contributed by atoms with Crippen molar-refractivity contribution in [3.8, 4) is 0 Å². The van der Waals surface area contributed by atoms with E-state index >= 15 is 0 Å². The summed E-state index contributed by atoms with van der Waals surface area (Å²) in [5, 5.41) is 12.1. The SMILES string of the molecule is CNC(CO)c1cc(C)cc(Br)c1. The molecule has 1 atom stereocenters. The highest BCUT2D eigenvalue weighted by atomic mass is 79.9. The summed E-state index contributed by atoms with van der Waals surface area (Å²) in [4.78, 5) is 0. The number of hydrogen-bond donors (Lipinski definition) is 2. The first-order valence-electron chi connectivity index (χ1n) is 4.22. The van der Waals surface area contributed by atoms with Gasteiger partial charge in [-0.15, -0.1) is 0 Å². The third-order valence-corrected chi connectivity index (χ3v) is 2.46. The molecule has 1 rings (SSSR count). The lowest BCUT2D eigenvalue weighted by Gasteiger charge is -2.14. The smallest absolute Gasteiger partial charge is 0.0626 e. The summed E-state index contributed by atoms with van der Waals surface area (Å²) in [6.07, 6.45) is 0. The summed E-state index contributed by atoms with van der Waals surface area (Å²) in [5.74, 6) is 0. The molecule has 0 aliphatic carbocycles. The molecule has 2 N–H and O–H groups in total. The Balaban J connectivity index is 2.99. The van der Waals surface area contributed by atoms with Crippen molar-refractivity contribution in [2.75, 3.05) is 13.7 Å². The van der Waals surface area contributed by atoms with Gasteiger partial charge in [-0.1, -0.05) is 22.0 Å². The highest BCUT2D eigenvalue weighted by molar-refractivity contribution is 9.10. The molecule has 0 aliphatic heterocycles. The first-order chi connectivity index (χ1) is 6.17. The Hall–Kier alpha value is -0.380. The average molecular weight is 244 g/mol. The molecule has 0 radical (unpaired) electrons. The fourth-order valence-electron chi connectivity index (χ4n) is 1.33. The minimum absolute atomic E-state index is 0.0243. The summed E-state index contributed by atoms with van der Waals surface area (Å²) in [6, 6.07) is 6.16. The van der Waals surface area contributed by atoms with Gasteiger partial charge in [-0.05, 0) is 37.2 Å². The lowest BCUT2D eigenvalue weighted by atomic mass is 10.1. The van der Waals surface area contributed by atoms with Gasteiger partial charge in [0.05, 0.1) is 12.6 Å². The Labute approximate surface area is 87.1 Å². The molecule has 3 heteroatoms. The molecule has 13 heavy (non-hydrogen) atoms. The van der Waals surface area contributed by atoms with Crippen LogP contribution in [0.15, 0.2) is 22.7 Å². The van der Waals surface area contributed by atoms with Crippen LogP contribution in [0.2, 0.25) is 0 Å². The molecule has 2 nitrogen and oxygen atoms in total. The first-order valence-corrected chi connectivity index (χ1v) is 5.02. The largest absolute Gasteiger partial charge is 0.394 e. The number of benzene rings is 1. The van der Waals surface area contributed by atoms with E-state index in [1.165, 1.54) is 5.56 Å². The number of halogens is 1. The van der Waals surface area contributed by atoms with Gasteiger partial charge in [-0.2, -0.15) is 0 Å². The van der Waals surface area contributed by atoms with Crippen LogP contribution in [0.5, 0.6) is 0 Å². The standard InChI is InChI=1S/C10H14BrNO/c1-7-3-8(5-9(11)4-7)10(6-13)12-2/h3-5,10,12-13H,6H2,1-2H3. The van der Waals surface area contributed by atoms with E-state index in [1.54, 1.807) is 0 Å². The maximum absolute atomic E-state index is 9.08. The summed E-state index contributed by atoms with van der Waals surface area (Å²) in [5.41, 5.74) is 2.30. The van der Waals surface area contributed by atoms with Crippen LogP contribution >= 0.6 is 15.9 Å². The van der Waals surface area contributed by atoms with Crippen LogP contribution in [0, 0.1) is 6.92 Å². The van der Waals surface area contributed by atoms with Gasteiger partial charge >= 0.3 is 0 Å². The van der Waals surface area contributed by atoms with Crippen molar-refractivity contribution in [3.05, 3.63) is 33.8 Å². The van der Waals surface area contributed by atoms with Gasteiger partial charge in [0.15, 0.2) is 0 Å². The molecular formula is C10H14BrNO. The van der Waals surface area contributed by atoms with E-state index < -0.39 is 0 Å². The van der Waals surface area contributed by atoms with Crippen molar-refractivity contribution < 1.29 is 5.11 Å². The zero-order chi connectivity index (χ0) is 9.84. The highest BCUT2D eigenvalue weighted by Gasteiger charge is 2.07. The molecule has 0 saturated heterocycles. The normalized spacial score (nSPS) is 12.9. The van der Waals surface area contributed by atoms with Gasteiger partial charge in [0.25, 0.3) is 0 Å². The van der Waals surface area contributed by atoms with Crippen LogP contribution in [0.4, 0.5) is 0 Å². The second kappa shape index (κ2) is 4.74. The summed E-state index contributed by atoms with van der Waals surface area (Å²) >= 11 is 3.43. The van der Waals surface area contributed by atoms with Crippen molar-refractivity contribution in [3.63, 3.8) is 0 Å². The predicted molar refractivity (Wildman–Crippen MR) is 57.8 cm³/mol. The number of nitrogens with one attached hydrogen (secondary N) is 1. The number of hydrogen-bond acceptors (Lipinski definition) is 2. The van der Waals surface area contributed by atoms with Crippen molar-refractivity contribution >= 4 is 15.9 Å². The van der Waals surface area contributed by atoms with E-state index in [0.717, 1.165) is 10.0 Å². The van der Waals surface area contributed by atoms with Gasteiger partial charge in [0.2, 0.25) is 0 Å². The maximum Gasteiger partial charge on any atom is 0.0626 e. The summed E-state index contributed by atoms with van der Waals surface area (Å²) < 4.78 is 1.05. The molecule has 1 aromatic carbocycles. The summed E-state index contributed by atoms with van der Waals surface area (Å²) in [7, 11) is 1.84. The molecule has 1 aromatic rings. The lowest BCUT2D eigenvalue weighted by molar-refractivity contribution is 0.251. The Bertz CT molecular complexity index is 264. The van der Waals surface area contributed by atoms with Crippen LogP contribution in [0.1, 0.15) is 17.2 Å². The minimum Gasteiger partial charge on any atom is -0.394 e. The van der Waals surface area contributed by atoms with Gasteiger partial charge in [-0.25, -0.2) is 0 Å². The zero-order valence-corrected chi connectivity index (χ0v) is 9.43. The molecule has 0 fully saturated rings. The third-order valence-electron chi connectivity index (χ3n) is 2.00.